The lowest BCUT2D eigenvalue weighted by Crippen LogP contribution is -2.52. The topological polar surface area (TPSA) is 50.8 Å². The van der Waals surface area contributed by atoms with Crippen LogP contribution in [-0.4, -0.2) is 50.3 Å². The van der Waals surface area contributed by atoms with Crippen LogP contribution in [0, 0.1) is 0 Å². The monoisotopic (exact) mass is 278 g/mol. The number of nitrogens with one attached hydrogen (secondary N) is 1. The SMILES string of the molecule is CCN(Cc1ccc(OC)cc1)C(=O)C1COCCN1. The van der Waals surface area contributed by atoms with Crippen LogP contribution >= 0.6 is 0 Å². The molecule has 20 heavy (non-hydrogen) atoms. The highest BCUT2D eigenvalue weighted by Crippen LogP contribution is 2.13. The second kappa shape index (κ2) is 7.26. The number of hydrogen-bond donors (Lipinski definition) is 1. The largest absolute Gasteiger partial charge is 0.497 e. The maximum absolute atomic E-state index is 12.4. The third kappa shape index (κ3) is 3.71. The van der Waals surface area contributed by atoms with Crippen molar-refractivity contribution in [3.8, 4) is 5.75 Å². The molecule has 1 aliphatic heterocycles. The zero-order valence-corrected chi connectivity index (χ0v) is 12.1. The molecule has 0 spiro atoms. The van der Waals surface area contributed by atoms with E-state index in [1.54, 1.807) is 7.11 Å². The van der Waals surface area contributed by atoms with E-state index in [1.807, 2.05) is 36.1 Å². The molecule has 5 heteroatoms. The summed E-state index contributed by atoms with van der Waals surface area (Å²) in [4.78, 5) is 14.3. The molecule has 110 valence electrons. The summed E-state index contributed by atoms with van der Waals surface area (Å²) in [7, 11) is 1.64. The van der Waals surface area contributed by atoms with Gasteiger partial charge in [-0.15, -0.1) is 0 Å². The van der Waals surface area contributed by atoms with Crippen molar-refractivity contribution in [2.45, 2.75) is 19.5 Å². The number of likely N-dealkylation sites (N-methyl/N-ethyl adjacent to an activating group) is 1. The average molecular weight is 278 g/mol. The number of carbonyl (C=O) groups is 1. The molecule has 2 rings (SSSR count). The molecule has 1 saturated heterocycles. The normalized spacial score (nSPS) is 18.6. The molecular formula is C15H22N2O3. The van der Waals surface area contributed by atoms with Gasteiger partial charge in [0.2, 0.25) is 5.91 Å². The Kier molecular flexibility index (Phi) is 5.38. The van der Waals surface area contributed by atoms with Gasteiger partial charge in [0.05, 0.1) is 20.3 Å². The van der Waals surface area contributed by atoms with E-state index in [4.69, 9.17) is 9.47 Å². The molecule has 1 fully saturated rings. The second-order valence-electron chi connectivity index (χ2n) is 4.78. The maximum Gasteiger partial charge on any atom is 0.242 e. The van der Waals surface area contributed by atoms with Gasteiger partial charge in [-0.2, -0.15) is 0 Å². The number of hydrogen-bond acceptors (Lipinski definition) is 4. The summed E-state index contributed by atoms with van der Waals surface area (Å²) >= 11 is 0. The Hall–Kier alpha value is -1.59. The summed E-state index contributed by atoms with van der Waals surface area (Å²) in [5.74, 6) is 0.925. The number of carbonyl (C=O) groups excluding carboxylic acids is 1. The fourth-order valence-corrected chi connectivity index (χ4v) is 2.24. The van der Waals surface area contributed by atoms with E-state index in [-0.39, 0.29) is 11.9 Å². The highest BCUT2D eigenvalue weighted by Gasteiger charge is 2.25. The number of morpholine rings is 1. The Morgan fingerprint density at radius 2 is 2.20 bits per heavy atom. The van der Waals surface area contributed by atoms with Gasteiger partial charge in [0.15, 0.2) is 0 Å². The molecule has 1 unspecified atom stereocenters. The summed E-state index contributed by atoms with van der Waals surface area (Å²) in [6.07, 6.45) is 0. The summed E-state index contributed by atoms with van der Waals surface area (Å²) in [6, 6.07) is 7.58. The van der Waals surface area contributed by atoms with Crippen LogP contribution in [0.5, 0.6) is 5.75 Å². The fraction of sp³-hybridized carbons (Fsp3) is 0.533. The van der Waals surface area contributed by atoms with E-state index < -0.39 is 0 Å². The highest BCUT2D eigenvalue weighted by molar-refractivity contribution is 5.82. The van der Waals surface area contributed by atoms with Crippen LogP contribution < -0.4 is 10.1 Å². The van der Waals surface area contributed by atoms with Gasteiger partial charge in [0.25, 0.3) is 0 Å². The van der Waals surface area contributed by atoms with E-state index in [0.29, 0.717) is 26.3 Å². The van der Waals surface area contributed by atoms with Crippen molar-refractivity contribution in [1.29, 1.82) is 0 Å². The number of ether oxygens (including phenoxy) is 2. The van der Waals surface area contributed by atoms with E-state index in [0.717, 1.165) is 17.9 Å². The molecule has 0 saturated carbocycles. The Bertz CT molecular complexity index is 427. The smallest absolute Gasteiger partial charge is 0.242 e. The van der Waals surface area contributed by atoms with Gasteiger partial charge in [-0.1, -0.05) is 12.1 Å². The zero-order valence-electron chi connectivity index (χ0n) is 12.1. The van der Waals surface area contributed by atoms with E-state index in [9.17, 15) is 4.79 Å². The third-order valence-corrected chi connectivity index (χ3v) is 3.45. The molecule has 1 amide bonds. The number of rotatable bonds is 5. The summed E-state index contributed by atoms with van der Waals surface area (Å²) in [5.41, 5.74) is 1.10. The molecule has 1 aliphatic rings. The van der Waals surface area contributed by atoms with Gasteiger partial charge in [-0.05, 0) is 24.6 Å². The number of benzene rings is 1. The minimum atomic E-state index is -0.220. The van der Waals surface area contributed by atoms with E-state index in [2.05, 4.69) is 5.32 Å². The van der Waals surface area contributed by atoms with Crippen LogP contribution in [0.3, 0.4) is 0 Å². The van der Waals surface area contributed by atoms with Crippen LogP contribution in [0.15, 0.2) is 24.3 Å². The molecule has 1 aromatic carbocycles. The Morgan fingerprint density at radius 3 is 2.75 bits per heavy atom. The molecule has 0 bridgehead atoms. The Morgan fingerprint density at radius 1 is 1.45 bits per heavy atom. The molecule has 5 nitrogen and oxygen atoms in total. The highest BCUT2D eigenvalue weighted by atomic mass is 16.5. The molecular weight excluding hydrogens is 256 g/mol. The number of nitrogens with zero attached hydrogens (tertiary/aromatic N) is 1. The quantitative estimate of drug-likeness (QED) is 0.874. The fourth-order valence-electron chi connectivity index (χ4n) is 2.24. The van der Waals surface area contributed by atoms with Gasteiger partial charge in [-0.25, -0.2) is 0 Å². The van der Waals surface area contributed by atoms with Crippen LogP contribution in [0.1, 0.15) is 12.5 Å². The predicted octanol–water partition coefficient (Wildman–Crippen LogP) is 1.03. The first kappa shape index (κ1) is 14.8. The van der Waals surface area contributed by atoms with Gasteiger partial charge >= 0.3 is 0 Å². The summed E-state index contributed by atoms with van der Waals surface area (Å²) < 4.78 is 10.5. The first-order chi connectivity index (χ1) is 9.74. The van der Waals surface area contributed by atoms with Crippen molar-refractivity contribution < 1.29 is 14.3 Å². The minimum absolute atomic E-state index is 0.100. The molecule has 1 heterocycles. The van der Waals surface area contributed by atoms with Crippen molar-refractivity contribution >= 4 is 5.91 Å². The standard InChI is InChI=1S/C15H22N2O3/c1-3-17(15(18)14-11-20-9-8-16-14)10-12-4-6-13(19-2)7-5-12/h4-7,14,16H,3,8-11H2,1-2H3. The van der Waals surface area contributed by atoms with E-state index >= 15 is 0 Å². The molecule has 1 N–H and O–H groups in total. The van der Waals surface area contributed by atoms with Crippen LogP contribution in [-0.2, 0) is 16.1 Å². The van der Waals surface area contributed by atoms with E-state index in [1.165, 1.54) is 0 Å². The Balaban J connectivity index is 1.97. The van der Waals surface area contributed by atoms with Gasteiger partial charge < -0.3 is 19.7 Å². The van der Waals surface area contributed by atoms with Crippen LogP contribution in [0.25, 0.3) is 0 Å². The second-order valence-corrected chi connectivity index (χ2v) is 4.78. The van der Waals surface area contributed by atoms with Crippen molar-refractivity contribution in [1.82, 2.24) is 10.2 Å². The molecule has 0 aromatic heterocycles. The first-order valence-corrected chi connectivity index (χ1v) is 6.97. The van der Waals surface area contributed by atoms with Gasteiger partial charge in [-0.3, -0.25) is 4.79 Å². The third-order valence-electron chi connectivity index (χ3n) is 3.45. The predicted molar refractivity (Wildman–Crippen MR) is 76.7 cm³/mol. The summed E-state index contributed by atoms with van der Waals surface area (Å²) in [5, 5.41) is 3.20. The van der Waals surface area contributed by atoms with Gasteiger partial charge in [0, 0.05) is 19.6 Å². The average Bonchev–Trinajstić information content (AvgIpc) is 2.53. The minimum Gasteiger partial charge on any atom is -0.497 e. The van der Waals surface area contributed by atoms with Crippen molar-refractivity contribution in [2.24, 2.45) is 0 Å². The lowest BCUT2D eigenvalue weighted by molar-refractivity contribution is -0.136. The zero-order chi connectivity index (χ0) is 14.4. The van der Waals surface area contributed by atoms with Crippen molar-refractivity contribution in [3.63, 3.8) is 0 Å². The number of methoxy groups -OCH3 is 1. The van der Waals surface area contributed by atoms with Gasteiger partial charge in [0.1, 0.15) is 11.8 Å². The van der Waals surface area contributed by atoms with Crippen LogP contribution in [0.4, 0.5) is 0 Å². The summed E-state index contributed by atoms with van der Waals surface area (Å²) in [6.45, 7) is 5.15. The molecule has 1 aromatic rings. The van der Waals surface area contributed by atoms with Crippen molar-refractivity contribution in [2.75, 3.05) is 33.4 Å². The lowest BCUT2D eigenvalue weighted by atomic mass is 10.1. The molecule has 1 atom stereocenters. The molecule has 0 radical (unpaired) electrons. The first-order valence-electron chi connectivity index (χ1n) is 6.97. The van der Waals surface area contributed by atoms with Crippen LogP contribution in [0.2, 0.25) is 0 Å². The lowest BCUT2D eigenvalue weighted by Gasteiger charge is -2.29. The molecule has 0 aliphatic carbocycles. The Labute approximate surface area is 119 Å². The van der Waals surface area contributed by atoms with Crippen molar-refractivity contribution in [3.05, 3.63) is 29.8 Å². The maximum atomic E-state index is 12.4. The number of amides is 1.